The van der Waals surface area contributed by atoms with Gasteiger partial charge in [0.15, 0.2) is 5.82 Å². The number of aromatic nitrogens is 3. The Kier molecular flexibility index (Phi) is 3.37. The van der Waals surface area contributed by atoms with Crippen molar-refractivity contribution in [2.24, 2.45) is 11.3 Å². The third kappa shape index (κ3) is 2.61. The van der Waals surface area contributed by atoms with Crippen molar-refractivity contribution in [1.82, 2.24) is 20.1 Å². The van der Waals surface area contributed by atoms with Gasteiger partial charge in [-0.05, 0) is 56.0 Å². The van der Waals surface area contributed by atoms with Crippen LogP contribution >= 0.6 is 0 Å². The van der Waals surface area contributed by atoms with Crippen molar-refractivity contribution in [2.75, 3.05) is 18.4 Å². The second kappa shape index (κ2) is 5.42. The van der Waals surface area contributed by atoms with E-state index in [1.807, 2.05) is 0 Å². The maximum atomic E-state index is 14.2. The van der Waals surface area contributed by atoms with E-state index < -0.39 is 5.82 Å². The fourth-order valence-corrected chi connectivity index (χ4v) is 3.53. The van der Waals surface area contributed by atoms with Crippen molar-refractivity contribution in [3.63, 3.8) is 0 Å². The first kappa shape index (κ1) is 14.3. The van der Waals surface area contributed by atoms with Crippen molar-refractivity contribution >= 4 is 11.6 Å². The summed E-state index contributed by atoms with van der Waals surface area (Å²) in [6.07, 6.45) is 5.82. The lowest BCUT2D eigenvalue weighted by molar-refractivity contribution is -0.118. The Morgan fingerprint density at radius 2 is 2.22 bits per heavy atom. The topological polar surface area (TPSA) is 71.8 Å². The number of rotatable bonds is 3. The van der Waals surface area contributed by atoms with Gasteiger partial charge in [-0.15, -0.1) is 0 Å². The Morgan fingerprint density at radius 1 is 1.39 bits per heavy atom. The number of benzene rings is 1. The molecule has 1 aromatic heterocycles. The monoisotopic (exact) mass is 315 g/mol. The van der Waals surface area contributed by atoms with Crippen LogP contribution in [0.25, 0.3) is 5.69 Å². The number of piperidine rings is 1. The second-order valence-corrected chi connectivity index (χ2v) is 6.36. The van der Waals surface area contributed by atoms with Crippen LogP contribution in [0.1, 0.15) is 19.3 Å². The van der Waals surface area contributed by atoms with Crippen LogP contribution < -0.4 is 10.6 Å². The van der Waals surface area contributed by atoms with Crippen molar-refractivity contribution < 1.29 is 9.18 Å². The molecule has 2 aliphatic rings. The molecule has 1 spiro atoms. The summed E-state index contributed by atoms with van der Waals surface area (Å²) in [6, 6.07) is 4.61. The van der Waals surface area contributed by atoms with E-state index in [1.165, 1.54) is 23.4 Å². The number of amides is 1. The highest BCUT2D eigenvalue weighted by Crippen LogP contribution is 2.58. The van der Waals surface area contributed by atoms with Crippen LogP contribution in [-0.4, -0.2) is 33.8 Å². The highest BCUT2D eigenvalue weighted by molar-refractivity contribution is 5.95. The zero-order valence-electron chi connectivity index (χ0n) is 12.6. The van der Waals surface area contributed by atoms with Gasteiger partial charge in [-0.3, -0.25) is 4.79 Å². The smallest absolute Gasteiger partial charge is 0.228 e. The number of hydrogen-bond acceptors (Lipinski definition) is 4. The molecule has 1 saturated carbocycles. The Labute approximate surface area is 133 Å². The predicted octanol–water partition coefficient (Wildman–Crippen LogP) is 1.73. The lowest BCUT2D eigenvalue weighted by Gasteiger charge is -2.23. The maximum Gasteiger partial charge on any atom is 0.228 e. The number of anilines is 1. The average molecular weight is 315 g/mol. The summed E-state index contributed by atoms with van der Waals surface area (Å²) in [6.45, 7) is 1.95. The van der Waals surface area contributed by atoms with Crippen LogP contribution in [0.2, 0.25) is 0 Å². The van der Waals surface area contributed by atoms with Gasteiger partial charge in [-0.25, -0.2) is 14.1 Å². The van der Waals surface area contributed by atoms with E-state index in [1.54, 1.807) is 12.1 Å². The van der Waals surface area contributed by atoms with E-state index >= 15 is 0 Å². The Balaban J connectivity index is 1.45. The first-order valence-electron chi connectivity index (χ1n) is 7.84. The van der Waals surface area contributed by atoms with Crippen LogP contribution in [-0.2, 0) is 4.79 Å². The fourth-order valence-electron chi connectivity index (χ4n) is 3.53. The zero-order chi connectivity index (χ0) is 15.9. The molecule has 23 heavy (non-hydrogen) atoms. The van der Waals surface area contributed by atoms with Gasteiger partial charge in [0.05, 0.1) is 0 Å². The number of halogens is 1. The van der Waals surface area contributed by atoms with Gasteiger partial charge < -0.3 is 10.6 Å². The Bertz CT molecular complexity index is 724. The molecule has 2 heterocycles. The quantitative estimate of drug-likeness (QED) is 0.905. The number of nitrogens with one attached hydrogen (secondary N) is 2. The van der Waals surface area contributed by atoms with Crippen molar-refractivity contribution in [2.45, 2.75) is 19.3 Å². The molecule has 4 rings (SSSR count). The molecular formula is C16H18FN5O. The standard InChI is InChI=1S/C16H18FN5O/c17-13-7-11(1-2-14(13)22-10-19-9-20-22)21-15(23)12-8-16(12)3-5-18-6-4-16/h1-2,7,9-10,12,18H,3-6,8H2,(H,21,23). The van der Waals surface area contributed by atoms with E-state index in [4.69, 9.17) is 0 Å². The molecule has 1 saturated heterocycles. The first-order valence-corrected chi connectivity index (χ1v) is 7.84. The molecule has 1 aliphatic carbocycles. The summed E-state index contributed by atoms with van der Waals surface area (Å²) in [5.74, 6) is -0.386. The molecule has 1 aromatic carbocycles. The minimum absolute atomic E-state index is 0.000180. The van der Waals surface area contributed by atoms with Gasteiger partial charge in [-0.2, -0.15) is 5.10 Å². The largest absolute Gasteiger partial charge is 0.326 e. The minimum atomic E-state index is -0.444. The molecule has 1 amide bonds. The molecule has 1 aliphatic heterocycles. The summed E-state index contributed by atoms with van der Waals surface area (Å²) in [4.78, 5) is 16.2. The molecule has 2 aromatic rings. The van der Waals surface area contributed by atoms with Crippen LogP contribution in [0.3, 0.4) is 0 Å². The predicted molar refractivity (Wildman–Crippen MR) is 82.6 cm³/mol. The molecule has 120 valence electrons. The third-order valence-electron chi connectivity index (χ3n) is 4.99. The van der Waals surface area contributed by atoms with Gasteiger partial charge in [0.2, 0.25) is 5.91 Å². The van der Waals surface area contributed by atoms with Crippen molar-refractivity contribution in [1.29, 1.82) is 0 Å². The second-order valence-electron chi connectivity index (χ2n) is 6.36. The molecule has 1 unspecified atom stereocenters. The number of carbonyl (C=O) groups is 1. The molecule has 6 nitrogen and oxygen atoms in total. The summed E-state index contributed by atoms with van der Waals surface area (Å²) in [7, 11) is 0. The van der Waals surface area contributed by atoms with Gasteiger partial charge >= 0.3 is 0 Å². The van der Waals surface area contributed by atoms with E-state index in [9.17, 15) is 9.18 Å². The number of carbonyl (C=O) groups excluding carboxylic acids is 1. The normalized spacial score (nSPS) is 22.0. The lowest BCUT2D eigenvalue weighted by Crippen LogP contribution is -2.31. The highest BCUT2D eigenvalue weighted by atomic mass is 19.1. The summed E-state index contributed by atoms with van der Waals surface area (Å²) in [5.41, 5.74) is 0.961. The van der Waals surface area contributed by atoms with Gasteiger partial charge in [0.1, 0.15) is 18.3 Å². The lowest BCUT2D eigenvalue weighted by atomic mass is 9.92. The summed E-state index contributed by atoms with van der Waals surface area (Å²) in [5, 5.41) is 10.1. The highest BCUT2D eigenvalue weighted by Gasteiger charge is 2.57. The zero-order valence-corrected chi connectivity index (χ0v) is 12.6. The molecule has 2 fully saturated rings. The molecule has 7 heteroatoms. The van der Waals surface area contributed by atoms with Gasteiger partial charge in [-0.1, -0.05) is 0 Å². The summed E-state index contributed by atoms with van der Waals surface area (Å²) < 4.78 is 15.5. The van der Waals surface area contributed by atoms with E-state index in [0.717, 1.165) is 32.4 Å². The van der Waals surface area contributed by atoms with E-state index in [0.29, 0.717) is 11.4 Å². The maximum absolute atomic E-state index is 14.2. The van der Waals surface area contributed by atoms with Gasteiger partial charge in [0.25, 0.3) is 0 Å². The average Bonchev–Trinajstić information content (AvgIpc) is 2.97. The molecule has 2 N–H and O–H groups in total. The molecular weight excluding hydrogens is 297 g/mol. The third-order valence-corrected chi connectivity index (χ3v) is 4.99. The molecule has 0 radical (unpaired) electrons. The number of hydrogen-bond donors (Lipinski definition) is 2. The van der Waals surface area contributed by atoms with Crippen LogP contribution in [0.15, 0.2) is 30.9 Å². The van der Waals surface area contributed by atoms with Crippen molar-refractivity contribution in [3.8, 4) is 5.69 Å². The Morgan fingerprint density at radius 3 is 2.91 bits per heavy atom. The minimum Gasteiger partial charge on any atom is -0.326 e. The van der Waals surface area contributed by atoms with Crippen molar-refractivity contribution in [3.05, 3.63) is 36.7 Å². The molecule has 0 bridgehead atoms. The van der Waals surface area contributed by atoms with Gasteiger partial charge in [0, 0.05) is 11.6 Å². The van der Waals surface area contributed by atoms with Crippen LogP contribution in [0, 0.1) is 17.2 Å². The molecule has 1 atom stereocenters. The summed E-state index contributed by atoms with van der Waals surface area (Å²) >= 11 is 0. The first-order chi connectivity index (χ1) is 11.2. The number of nitrogens with zero attached hydrogens (tertiary/aromatic N) is 3. The van der Waals surface area contributed by atoms with E-state index in [2.05, 4.69) is 20.7 Å². The van der Waals surface area contributed by atoms with E-state index in [-0.39, 0.29) is 17.2 Å². The SMILES string of the molecule is O=C(Nc1ccc(-n2cncn2)c(F)c1)C1CC12CCNCC2. The van der Waals surface area contributed by atoms with Crippen LogP contribution in [0.4, 0.5) is 10.1 Å². The Hall–Kier alpha value is -2.28. The van der Waals surface area contributed by atoms with Crippen LogP contribution in [0.5, 0.6) is 0 Å². The fraction of sp³-hybridized carbons (Fsp3) is 0.438.